The Morgan fingerprint density at radius 3 is 2.13 bits per heavy atom. The smallest absolute Gasteiger partial charge is 0.0376 e. The molecule has 0 aromatic heterocycles. The second-order valence-electron chi connectivity index (χ2n) is 5.32. The van der Waals surface area contributed by atoms with Crippen molar-refractivity contribution in [2.24, 2.45) is 0 Å². The van der Waals surface area contributed by atoms with Gasteiger partial charge in [-0.2, -0.15) is 0 Å². The Labute approximate surface area is 93.9 Å². The van der Waals surface area contributed by atoms with Gasteiger partial charge >= 0.3 is 0 Å². The molecule has 0 unspecified atom stereocenters. The van der Waals surface area contributed by atoms with Crippen LogP contribution in [0.5, 0.6) is 0 Å². The third kappa shape index (κ3) is 3.26. The molecule has 1 heteroatoms. The fraction of sp³-hybridized carbons (Fsp3) is 0.571. The van der Waals surface area contributed by atoms with Gasteiger partial charge in [0.25, 0.3) is 0 Å². The zero-order chi connectivity index (χ0) is 11.6. The molecule has 84 valence electrons. The molecule has 0 spiro atoms. The van der Waals surface area contributed by atoms with E-state index in [1.807, 2.05) is 0 Å². The van der Waals surface area contributed by atoms with Gasteiger partial charge in [-0.15, -0.1) is 0 Å². The van der Waals surface area contributed by atoms with E-state index >= 15 is 0 Å². The van der Waals surface area contributed by atoms with E-state index in [0.29, 0.717) is 0 Å². The number of aryl methyl sites for hydroxylation is 3. The summed E-state index contributed by atoms with van der Waals surface area (Å²) < 4.78 is 0. The molecule has 1 nitrogen and oxygen atoms in total. The highest BCUT2D eigenvalue weighted by Gasteiger charge is 2.11. The van der Waals surface area contributed by atoms with E-state index in [-0.39, 0.29) is 5.54 Å². The maximum absolute atomic E-state index is 3.55. The topological polar surface area (TPSA) is 12.0 Å². The lowest BCUT2D eigenvalue weighted by Crippen LogP contribution is -2.26. The molecule has 0 saturated heterocycles. The van der Waals surface area contributed by atoms with Crippen LogP contribution in [0.15, 0.2) is 12.1 Å². The Morgan fingerprint density at radius 2 is 1.67 bits per heavy atom. The number of hydrogen-bond donors (Lipinski definition) is 1. The van der Waals surface area contributed by atoms with Gasteiger partial charge in [0.05, 0.1) is 0 Å². The van der Waals surface area contributed by atoms with E-state index in [0.717, 1.165) is 6.42 Å². The van der Waals surface area contributed by atoms with Crippen LogP contribution in [0.2, 0.25) is 0 Å². The Balaban J connectivity index is 3.08. The molecule has 0 fully saturated rings. The molecule has 0 aliphatic carbocycles. The fourth-order valence-corrected chi connectivity index (χ4v) is 1.82. The van der Waals surface area contributed by atoms with Gasteiger partial charge in [0.15, 0.2) is 0 Å². The van der Waals surface area contributed by atoms with Gasteiger partial charge < -0.3 is 5.32 Å². The van der Waals surface area contributed by atoms with Crippen LogP contribution in [-0.2, 0) is 6.42 Å². The normalized spacial score (nSPS) is 11.6. The van der Waals surface area contributed by atoms with Crippen molar-refractivity contribution in [1.82, 2.24) is 0 Å². The van der Waals surface area contributed by atoms with Crippen molar-refractivity contribution in [2.45, 2.75) is 53.5 Å². The van der Waals surface area contributed by atoms with E-state index < -0.39 is 0 Å². The van der Waals surface area contributed by atoms with Crippen molar-refractivity contribution in [3.05, 3.63) is 28.8 Å². The highest BCUT2D eigenvalue weighted by Crippen LogP contribution is 2.23. The highest BCUT2D eigenvalue weighted by molar-refractivity contribution is 5.56. The summed E-state index contributed by atoms with van der Waals surface area (Å²) in [5.74, 6) is 0. The molecule has 0 aliphatic heterocycles. The minimum absolute atomic E-state index is 0.130. The van der Waals surface area contributed by atoms with Crippen molar-refractivity contribution < 1.29 is 0 Å². The minimum atomic E-state index is 0.130. The van der Waals surface area contributed by atoms with Crippen LogP contribution < -0.4 is 5.32 Å². The number of nitrogens with one attached hydrogen (secondary N) is 1. The predicted molar refractivity (Wildman–Crippen MR) is 68.7 cm³/mol. The first-order valence-corrected chi connectivity index (χ1v) is 5.72. The first-order valence-electron chi connectivity index (χ1n) is 5.72. The number of hydrogen-bond acceptors (Lipinski definition) is 1. The maximum Gasteiger partial charge on any atom is 0.0376 e. The number of anilines is 1. The largest absolute Gasteiger partial charge is 0.380 e. The third-order valence-electron chi connectivity index (χ3n) is 2.57. The maximum atomic E-state index is 3.55. The van der Waals surface area contributed by atoms with Crippen LogP contribution in [0.3, 0.4) is 0 Å². The quantitative estimate of drug-likeness (QED) is 0.767. The lowest BCUT2D eigenvalue weighted by atomic mass is 10.00. The monoisotopic (exact) mass is 205 g/mol. The first-order chi connectivity index (χ1) is 6.83. The zero-order valence-electron chi connectivity index (χ0n) is 10.9. The van der Waals surface area contributed by atoms with Crippen molar-refractivity contribution in [3.8, 4) is 0 Å². The average Bonchev–Trinajstić information content (AvgIpc) is 2.07. The number of benzene rings is 1. The molecular weight excluding hydrogens is 182 g/mol. The molecular formula is C14H23N. The van der Waals surface area contributed by atoms with Crippen molar-refractivity contribution in [2.75, 3.05) is 5.32 Å². The van der Waals surface area contributed by atoms with Gasteiger partial charge in [0.2, 0.25) is 0 Å². The zero-order valence-corrected chi connectivity index (χ0v) is 10.9. The molecule has 0 radical (unpaired) electrons. The Bertz CT molecular complexity index is 345. The molecule has 0 amide bonds. The molecule has 0 bridgehead atoms. The van der Waals surface area contributed by atoms with E-state index in [2.05, 4.69) is 59.0 Å². The van der Waals surface area contributed by atoms with Crippen LogP contribution >= 0.6 is 0 Å². The SMILES string of the molecule is CCc1cc(NC(C)(C)C)c(C)cc1C. The van der Waals surface area contributed by atoms with Gasteiger partial charge in [-0.3, -0.25) is 0 Å². The summed E-state index contributed by atoms with van der Waals surface area (Å²) in [5.41, 5.74) is 5.57. The van der Waals surface area contributed by atoms with Crippen molar-refractivity contribution >= 4 is 5.69 Å². The fourth-order valence-electron chi connectivity index (χ4n) is 1.82. The van der Waals surface area contributed by atoms with Crippen LogP contribution in [-0.4, -0.2) is 5.54 Å². The van der Waals surface area contributed by atoms with Crippen LogP contribution in [0.4, 0.5) is 5.69 Å². The van der Waals surface area contributed by atoms with Crippen LogP contribution in [0.1, 0.15) is 44.4 Å². The predicted octanol–water partition coefficient (Wildman–Crippen LogP) is 4.08. The van der Waals surface area contributed by atoms with Crippen LogP contribution in [0.25, 0.3) is 0 Å². The first kappa shape index (κ1) is 12.1. The van der Waals surface area contributed by atoms with E-state index in [9.17, 15) is 0 Å². The van der Waals surface area contributed by atoms with Gasteiger partial charge in [-0.1, -0.05) is 13.0 Å². The minimum Gasteiger partial charge on any atom is -0.380 e. The van der Waals surface area contributed by atoms with Gasteiger partial charge in [-0.25, -0.2) is 0 Å². The molecule has 1 rings (SSSR count). The molecule has 0 heterocycles. The Morgan fingerprint density at radius 1 is 1.07 bits per heavy atom. The molecule has 0 saturated carbocycles. The van der Waals surface area contributed by atoms with E-state index in [4.69, 9.17) is 0 Å². The highest BCUT2D eigenvalue weighted by atomic mass is 15.0. The van der Waals surface area contributed by atoms with Crippen molar-refractivity contribution in [1.29, 1.82) is 0 Å². The van der Waals surface area contributed by atoms with Crippen LogP contribution in [0, 0.1) is 13.8 Å². The summed E-state index contributed by atoms with van der Waals surface area (Å²) in [4.78, 5) is 0. The summed E-state index contributed by atoms with van der Waals surface area (Å²) in [6, 6.07) is 4.56. The molecule has 0 aliphatic rings. The second-order valence-corrected chi connectivity index (χ2v) is 5.32. The van der Waals surface area contributed by atoms with Crippen molar-refractivity contribution in [3.63, 3.8) is 0 Å². The number of rotatable bonds is 2. The molecule has 1 N–H and O–H groups in total. The molecule has 1 aromatic carbocycles. The Kier molecular flexibility index (Phi) is 3.43. The van der Waals surface area contributed by atoms with Gasteiger partial charge in [0, 0.05) is 11.2 Å². The summed E-state index contributed by atoms with van der Waals surface area (Å²) in [6.45, 7) is 13.1. The summed E-state index contributed by atoms with van der Waals surface area (Å²) in [6.07, 6.45) is 1.10. The Hall–Kier alpha value is -0.980. The lowest BCUT2D eigenvalue weighted by molar-refractivity contribution is 0.633. The summed E-state index contributed by atoms with van der Waals surface area (Å²) in [7, 11) is 0. The second kappa shape index (κ2) is 4.26. The molecule has 0 atom stereocenters. The lowest BCUT2D eigenvalue weighted by Gasteiger charge is -2.24. The average molecular weight is 205 g/mol. The van der Waals surface area contributed by atoms with Gasteiger partial charge in [-0.05, 0) is 63.8 Å². The van der Waals surface area contributed by atoms with E-state index in [1.54, 1.807) is 0 Å². The van der Waals surface area contributed by atoms with Gasteiger partial charge in [0.1, 0.15) is 0 Å². The molecule has 1 aromatic rings. The summed E-state index contributed by atoms with van der Waals surface area (Å²) >= 11 is 0. The molecule has 15 heavy (non-hydrogen) atoms. The third-order valence-corrected chi connectivity index (χ3v) is 2.57. The standard InChI is InChI=1S/C14H23N/c1-7-12-9-13(15-14(4,5)6)11(3)8-10(12)2/h8-9,15H,7H2,1-6H3. The van der Waals surface area contributed by atoms with E-state index in [1.165, 1.54) is 22.4 Å². The summed E-state index contributed by atoms with van der Waals surface area (Å²) in [5, 5.41) is 3.55.